The maximum atomic E-state index is 12.2. The van der Waals surface area contributed by atoms with E-state index in [9.17, 15) is 14.7 Å². The van der Waals surface area contributed by atoms with Crippen LogP contribution >= 0.6 is 0 Å². The van der Waals surface area contributed by atoms with Gasteiger partial charge in [0.2, 0.25) is 0 Å². The molecule has 7 heteroatoms. The Labute approximate surface area is 162 Å². The fraction of sp³-hybridized carbons (Fsp3) is 0.524. The molecule has 4 aliphatic rings. The SMILES string of the molecule is CN1CC[C@]23c4c5ccc(O)c4O[C@H]2[C@@H](OC(=O)CCC(=O)O)C=CC3[C@H]1C5. The first-order valence-corrected chi connectivity index (χ1v) is 9.73. The molecule has 2 aliphatic heterocycles. The van der Waals surface area contributed by atoms with E-state index in [1.54, 1.807) is 6.07 Å². The number of likely N-dealkylation sites (N-methyl/N-ethyl adjacent to an activating group) is 1. The van der Waals surface area contributed by atoms with Gasteiger partial charge in [0.05, 0.1) is 12.8 Å². The lowest BCUT2D eigenvalue weighted by atomic mass is 9.53. The molecule has 1 unspecified atom stereocenters. The third kappa shape index (κ3) is 2.25. The van der Waals surface area contributed by atoms with Crippen LogP contribution in [0.4, 0.5) is 0 Å². The summed E-state index contributed by atoms with van der Waals surface area (Å²) in [6.07, 6.45) is 4.34. The molecule has 1 fully saturated rings. The Morgan fingerprint density at radius 2 is 2.14 bits per heavy atom. The van der Waals surface area contributed by atoms with Crippen molar-refractivity contribution in [1.29, 1.82) is 0 Å². The lowest BCUT2D eigenvalue weighted by Crippen LogP contribution is -2.65. The van der Waals surface area contributed by atoms with Crippen LogP contribution in [0.15, 0.2) is 24.3 Å². The number of rotatable bonds is 4. The van der Waals surface area contributed by atoms with Crippen molar-refractivity contribution in [3.63, 3.8) is 0 Å². The van der Waals surface area contributed by atoms with Gasteiger partial charge >= 0.3 is 11.9 Å². The van der Waals surface area contributed by atoms with Crippen LogP contribution in [0, 0.1) is 5.92 Å². The average molecular weight is 385 g/mol. The van der Waals surface area contributed by atoms with E-state index in [4.69, 9.17) is 14.6 Å². The Morgan fingerprint density at radius 3 is 2.93 bits per heavy atom. The van der Waals surface area contributed by atoms with Crippen LogP contribution in [0.3, 0.4) is 0 Å². The Hall–Kier alpha value is -2.54. The van der Waals surface area contributed by atoms with Crippen LogP contribution in [0.25, 0.3) is 0 Å². The second-order valence-electron chi connectivity index (χ2n) is 8.29. The van der Waals surface area contributed by atoms with E-state index in [1.165, 1.54) is 5.56 Å². The number of benzene rings is 1. The minimum Gasteiger partial charge on any atom is -0.504 e. The number of carboxylic acids is 1. The van der Waals surface area contributed by atoms with Crippen molar-refractivity contribution >= 4 is 11.9 Å². The van der Waals surface area contributed by atoms with Crippen molar-refractivity contribution < 1.29 is 29.3 Å². The van der Waals surface area contributed by atoms with Gasteiger partial charge in [-0.1, -0.05) is 12.1 Å². The molecule has 2 heterocycles. The number of nitrogens with zero attached hydrogens (tertiary/aromatic N) is 1. The van der Waals surface area contributed by atoms with Gasteiger partial charge in [-0.15, -0.1) is 0 Å². The standard InChI is InChI=1S/C21H23NO6/c1-22-9-8-21-12-3-5-15(27-17(26)7-6-16(24)25)20(21)28-19-14(23)4-2-11(18(19)21)10-13(12)22/h2-5,12-13,15,20,23H,6-10H2,1H3,(H,24,25)/t12?,13-,15+,20+,21+/m1/s1. The quantitative estimate of drug-likeness (QED) is 0.600. The molecule has 1 spiro atoms. The largest absolute Gasteiger partial charge is 0.504 e. The molecule has 2 bridgehead atoms. The highest BCUT2D eigenvalue weighted by molar-refractivity contribution is 5.77. The van der Waals surface area contributed by atoms with Crippen LogP contribution in [-0.2, 0) is 26.2 Å². The number of hydrogen-bond donors (Lipinski definition) is 2. The van der Waals surface area contributed by atoms with Gasteiger partial charge in [-0.3, -0.25) is 9.59 Å². The number of ether oxygens (including phenoxy) is 2. The van der Waals surface area contributed by atoms with Crippen LogP contribution in [-0.4, -0.2) is 58.9 Å². The van der Waals surface area contributed by atoms with Crippen LogP contribution in [0.2, 0.25) is 0 Å². The molecular weight excluding hydrogens is 362 g/mol. The topological polar surface area (TPSA) is 96.3 Å². The van der Waals surface area contributed by atoms with Gasteiger partial charge in [-0.25, -0.2) is 0 Å². The van der Waals surface area contributed by atoms with Crippen LogP contribution in [0.1, 0.15) is 30.4 Å². The number of hydrogen-bond acceptors (Lipinski definition) is 6. The zero-order valence-corrected chi connectivity index (χ0v) is 15.6. The van der Waals surface area contributed by atoms with Gasteiger partial charge in [0.25, 0.3) is 0 Å². The number of likely N-dealkylation sites (tertiary alicyclic amines) is 1. The lowest BCUT2D eigenvalue weighted by molar-refractivity contribution is -0.157. The van der Waals surface area contributed by atoms with Crippen molar-refractivity contribution in [3.05, 3.63) is 35.4 Å². The molecule has 0 amide bonds. The monoisotopic (exact) mass is 385 g/mol. The first-order chi connectivity index (χ1) is 13.4. The average Bonchev–Trinajstić information content (AvgIpc) is 3.01. The molecule has 1 saturated heterocycles. The van der Waals surface area contributed by atoms with Gasteiger partial charge in [0.1, 0.15) is 6.10 Å². The molecule has 0 aromatic heterocycles. The minimum absolute atomic E-state index is 0.120. The predicted molar refractivity (Wildman–Crippen MR) is 98.3 cm³/mol. The van der Waals surface area contributed by atoms with E-state index in [2.05, 4.69) is 18.0 Å². The fourth-order valence-electron chi connectivity index (χ4n) is 5.74. The number of carboxylic acid groups (broad SMARTS) is 1. The molecule has 148 valence electrons. The van der Waals surface area contributed by atoms with E-state index in [0.717, 1.165) is 24.9 Å². The number of carbonyl (C=O) groups is 2. The summed E-state index contributed by atoms with van der Waals surface area (Å²) in [5.74, 6) is -0.711. The number of phenolic OH excluding ortho intramolecular Hbond substituents is 1. The first-order valence-electron chi connectivity index (χ1n) is 9.73. The van der Waals surface area contributed by atoms with Crippen molar-refractivity contribution in [2.24, 2.45) is 5.92 Å². The van der Waals surface area contributed by atoms with E-state index in [1.807, 2.05) is 12.1 Å². The number of esters is 1. The number of piperidine rings is 1. The maximum Gasteiger partial charge on any atom is 0.307 e. The van der Waals surface area contributed by atoms with E-state index < -0.39 is 24.1 Å². The molecule has 2 N–H and O–H groups in total. The molecular formula is C21H23NO6. The van der Waals surface area contributed by atoms with Gasteiger partial charge in [0.15, 0.2) is 17.6 Å². The van der Waals surface area contributed by atoms with Crippen molar-refractivity contribution in [2.45, 2.75) is 49.3 Å². The fourth-order valence-corrected chi connectivity index (χ4v) is 5.74. The zero-order chi connectivity index (χ0) is 19.6. The Morgan fingerprint density at radius 1 is 1.32 bits per heavy atom. The summed E-state index contributed by atoms with van der Waals surface area (Å²) in [7, 11) is 2.14. The molecule has 5 rings (SSSR count). The Bertz CT molecular complexity index is 895. The van der Waals surface area contributed by atoms with E-state index in [-0.39, 0.29) is 29.9 Å². The summed E-state index contributed by atoms with van der Waals surface area (Å²) in [5.41, 5.74) is 1.93. The summed E-state index contributed by atoms with van der Waals surface area (Å²) in [5, 5.41) is 19.2. The van der Waals surface area contributed by atoms with Crippen LogP contribution in [0.5, 0.6) is 11.5 Å². The maximum absolute atomic E-state index is 12.2. The van der Waals surface area contributed by atoms with Gasteiger partial charge < -0.3 is 24.6 Å². The predicted octanol–water partition coefficient (Wildman–Crippen LogP) is 1.61. The highest BCUT2D eigenvalue weighted by Crippen LogP contribution is 2.62. The molecule has 0 saturated carbocycles. The van der Waals surface area contributed by atoms with E-state index in [0.29, 0.717) is 11.8 Å². The summed E-state index contributed by atoms with van der Waals surface area (Å²) in [6.45, 7) is 0.906. The van der Waals surface area contributed by atoms with Crippen LogP contribution < -0.4 is 4.74 Å². The summed E-state index contributed by atoms with van der Waals surface area (Å²) in [4.78, 5) is 25.3. The lowest BCUT2D eigenvalue weighted by Gasteiger charge is -2.56. The molecule has 5 atom stereocenters. The second-order valence-corrected chi connectivity index (χ2v) is 8.29. The zero-order valence-electron chi connectivity index (χ0n) is 15.6. The summed E-state index contributed by atoms with van der Waals surface area (Å²) >= 11 is 0. The number of aliphatic carboxylic acids is 1. The third-order valence-electron chi connectivity index (χ3n) is 6.94. The summed E-state index contributed by atoms with van der Waals surface area (Å²) in [6, 6.07) is 4.00. The van der Waals surface area contributed by atoms with Crippen molar-refractivity contribution in [1.82, 2.24) is 4.90 Å². The second kappa shape index (κ2) is 5.98. The minimum atomic E-state index is -1.03. The Balaban J connectivity index is 1.55. The molecule has 1 aromatic rings. The third-order valence-corrected chi connectivity index (χ3v) is 6.94. The normalized spacial score (nSPS) is 34.5. The highest BCUT2D eigenvalue weighted by atomic mass is 16.6. The first kappa shape index (κ1) is 17.6. The smallest absolute Gasteiger partial charge is 0.307 e. The van der Waals surface area contributed by atoms with Gasteiger partial charge in [-0.05, 0) is 44.1 Å². The number of aromatic hydroxyl groups is 1. The number of carbonyl (C=O) groups excluding carboxylic acids is 1. The summed E-state index contributed by atoms with van der Waals surface area (Å²) < 4.78 is 11.9. The Kier molecular flexibility index (Phi) is 3.75. The molecule has 2 aliphatic carbocycles. The van der Waals surface area contributed by atoms with E-state index >= 15 is 0 Å². The molecule has 0 radical (unpaired) electrons. The molecule has 1 aromatic carbocycles. The highest BCUT2D eigenvalue weighted by Gasteiger charge is 2.65. The van der Waals surface area contributed by atoms with Gasteiger partial charge in [-0.2, -0.15) is 0 Å². The van der Waals surface area contributed by atoms with Crippen molar-refractivity contribution in [2.75, 3.05) is 13.6 Å². The number of phenols is 1. The van der Waals surface area contributed by atoms with Gasteiger partial charge in [0, 0.05) is 22.9 Å². The molecule has 28 heavy (non-hydrogen) atoms. The molecule has 7 nitrogen and oxygen atoms in total. The van der Waals surface area contributed by atoms with Crippen molar-refractivity contribution in [3.8, 4) is 11.5 Å².